The summed E-state index contributed by atoms with van der Waals surface area (Å²) in [6.07, 6.45) is 6.07. The van der Waals surface area contributed by atoms with E-state index in [0.717, 1.165) is 18.7 Å². The predicted octanol–water partition coefficient (Wildman–Crippen LogP) is 3.34. The van der Waals surface area contributed by atoms with Gasteiger partial charge in [0.25, 0.3) is 0 Å². The molecular formula is C17H17ClN6. The van der Waals surface area contributed by atoms with Gasteiger partial charge in [0.1, 0.15) is 0 Å². The van der Waals surface area contributed by atoms with Gasteiger partial charge in [0.05, 0.1) is 6.20 Å². The van der Waals surface area contributed by atoms with Crippen molar-refractivity contribution in [2.24, 2.45) is 0 Å². The Bertz CT molecular complexity index is 779. The van der Waals surface area contributed by atoms with Gasteiger partial charge in [-0.3, -0.25) is 4.98 Å². The molecule has 0 amide bonds. The molecule has 0 aliphatic heterocycles. The molecule has 0 spiro atoms. The summed E-state index contributed by atoms with van der Waals surface area (Å²) in [5.74, 6) is 1.21. The third-order valence-electron chi connectivity index (χ3n) is 3.49. The van der Waals surface area contributed by atoms with Crippen LogP contribution in [0.15, 0.2) is 55.0 Å². The number of nitrogens with one attached hydrogen (secondary N) is 1. The molecule has 3 rings (SSSR count). The van der Waals surface area contributed by atoms with Gasteiger partial charge >= 0.3 is 0 Å². The standard InChI is InChI=1S/C17H17ClN6/c1-24(11-8-13-6-9-19-10-7-13)17-22-16(12-20-23-17)21-15-4-2-14(18)3-5-15/h2-7,9-10,12H,8,11H2,1H3,(H,21,22,23). The maximum atomic E-state index is 5.89. The SMILES string of the molecule is CN(CCc1ccncc1)c1nncc(Nc2ccc(Cl)cc2)n1. The molecule has 0 fully saturated rings. The van der Waals surface area contributed by atoms with Gasteiger partial charge in [0, 0.05) is 36.7 Å². The minimum atomic E-state index is 0.572. The summed E-state index contributed by atoms with van der Waals surface area (Å²) >= 11 is 5.89. The van der Waals surface area contributed by atoms with E-state index in [1.54, 1.807) is 18.6 Å². The Morgan fingerprint density at radius 1 is 1.08 bits per heavy atom. The Morgan fingerprint density at radius 2 is 1.83 bits per heavy atom. The van der Waals surface area contributed by atoms with Crippen LogP contribution in [0.5, 0.6) is 0 Å². The second-order valence-electron chi connectivity index (χ2n) is 5.30. The van der Waals surface area contributed by atoms with Gasteiger partial charge in [0.2, 0.25) is 5.95 Å². The molecule has 0 saturated heterocycles. The van der Waals surface area contributed by atoms with Gasteiger partial charge in [-0.25, -0.2) is 0 Å². The summed E-state index contributed by atoms with van der Waals surface area (Å²) in [6.45, 7) is 0.788. The second kappa shape index (κ2) is 7.70. The van der Waals surface area contributed by atoms with Crippen LogP contribution in [0.2, 0.25) is 5.02 Å². The van der Waals surface area contributed by atoms with Crippen LogP contribution in [-0.2, 0) is 6.42 Å². The van der Waals surface area contributed by atoms with Crippen molar-refractivity contribution in [3.63, 3.8) is 0 Å². The molecule has 1 N–H and O–H groups in total. The first-order valence-electron chi connectivity index (χ1n) is 7.53. The largest absolute Gasteiger partial charge is 0.342 e. The van der Waals surface area contributed by atoms with E-state index in [1.165, 1.54) is 5.56 Å². The highest BCUT2D eigenvalue weighted by atomic mass is 35.5. The fraction of sp³-hybridized carbons (Fsp3) is 0.176. The first-order chi connectivity index (χ1) is 11.7. The second-order valence-corrected chi connectivity index (χ2v) is 5.74. The van der Waals surface area contributed by atoms with Crippen molar-refractivity contribution in [1.82, 2.24) is 20.2 Å². The molecule has 2 aromatic heterocycles. The van der Waals surface area contributed by atoms with Crippen molar-refractivity contribution in [3.05, 3.63) is 65.6 Å². The third kappa shape index (κ3) is 4.39. The number of nitrogens with zero attached hydrogens (tertiary/aromatic N) is 5. The number of aromatic nitrogens is 4. The zero-order valence-corrected chi connectivity index (χ0v) is 14.0. The number of hydrogen-bond acceptors (Lipinski definition) is 6. The van der Waals surface area contributed by atoms with E-state index in [-0.39, 0.29) is 0 Å². The molecule has 3 aromatic rings. The predicted molar refractivity (Wildman–Crippen MR) is 95.8 cm³/mol. The van der Waals surface area contributed by atoms with Crippen LogP contribution >= 0.6 is 11.6 Å². The van der Waals surface area contributed by atoms with E-state index in [1.807, 2.05) is 48.3 Å². The molecule has 1 aromatic carbocycles. The Kier molecular flexibility index (Phi) is 5.18. The maximum Gasteiger partial charge on any atom is 0.247 e. The zero-order valence-electron chi connectivity index (χ0n) is 13.2. The van der Waals surface area contributed by atoms with Crippen LogP contribution in [0.3, 0.4) is 0 Å². The van der Waals surface area contributed by atoms with Gasteiger partial charge < -0.3 is 10.2 Å². The van der Waals surface area contributed by atoms with Gasteiger partial charge in [-0.15, -0.1) is 5.10 Å². The molecule has 0 atom stereocenters. The summed E-state index contributed by atoms with van der Waals surface area (Å²) in [6, 6.07) is 11.4. The average Bonchev–Trinajstić information content (AvgIpc) is 2.63. The van der Waals surface area contributed by atoms with Gasteiger partial charge in [0.15, 0.2) is 5.82 Å². The smallest absolute Gasteiger partial charge is 0.247 e. The molecule has 2 heterocycles. The third-order valence-corrected chi connectivity index (χ3v) is 3.74. The number of halogens is 1. The van der Waals surface area contributed by atoms with Gasteiger partial charge in [-0.05, 0) is 48.4 Å². The Labute approximate surface area is 145 Å². The van der Waals surface area contributed by atoms with Crippen LogP contribution in [0.25, 0.3) is 0 Å². The molecular weight excluding hydrogens is 324 g/mol. The zero-order chi connectivity index (χ0) is 16.8. The van der Waals surface area contributed by atoms with Crippen molar-refractivity contribution in [2.75, 3.05) is 23.8 Å². The normalized spacial score (nSPS) is 10.4. The highest BCUT2D eigenvalue weighted by Gasteiger charge is 2.07. The summed E-state index contributed by atoms with van der Waals surface area (Å²) in [5, 5.41) is 12.0. The molecule has 122 valence electrons. The van der Waals surface area contributed by atoms with E-state index in [2.05, 4.69) is 25.5 Å². The van der Waals surface area contributed by atoms with Gasteiger partial charge in [-0.1, -0.05) is 11.6 Å². The first kappa shape index (κ1) is 16.1. The number of rotatable bonds is 6. The molecule has 0 unspecified atom stereocenters. The van der Waals surface area contributed by atoms with E-state index in [4.69, 9.17) is 11.6 Å². The van der Waals surface area contributed by atoms with Crippen molar-refractivity contribution >= 4 is 29.1 Å². The summed E-state index contributed by atoms with van der Waals surface area (Å²) in [5.41, 5.74) is 2.12. The summed E-state index contributed by atoms with van der Waals surface area (Å²) in [7, 11) is 1.95. The van der Waals surface area contributed by atoms with E-state index < -0.39 is 0 Å². The monoisotopic (exact) mass is 340 g/mol. The fourth-order valence-electron chi connectivity index (χ4n) is 2.14. The Hall–Kier alpha value is -2.73. The number of benzene rings is 1. The molecule has 0 saturated carbocycles. The average molecular weight is 341 g/mol. The first-order valence-corrected chi connectivity index (χ1v) is 7.91. The molecule has 0 aliphatic carbocycles. The number of anilines is 3. The number of likely N-dealkylation sites (N-methyl/N-ethyl adjacent to an activating group) is 1. The van der Waals surface area contributed by atoms with Crippen LogP contribution in [0.1, 0.15) is 5.56 Å². The molecule has 7 heteroatoms. The molecule has 0 aliphatic rings. The Balaban J connectivity index is 1.64. The van der Waals surface area contributed by atoms with Crippen LogP contribution < -0.4 is 10.2 Å². The highest BCUT2D eigenvalue weighted by molar-refractivity contribution is 6.30. The van der Waals surface area contributed by atoms with Crippen molar-refractivity contribution in [1.29, 1.82) is 0 Å². The van der Waals surface area contributed by atoms with Crippen LogP contribution in [0.4, 0.5) is 17.5 Å². The molecule has 24 heavy (non-hydrogen) atoms. The lowest BCUT2D eigenvalue weighted by Crippen LogP contribution is -2.23. The van der Waals surface area contributed by atoms with E-state index in [0.29, 0.717) is 16.8 Å². The minimum absolute atomic E-state index is 0.572. The lowest BCUT2D eigenvalue weighted by molar-refractivity contribution is 0.812. The lowest BCUT2D eigenvalue weighted by Gasteiger charge is -2.17. The summed E-state index contributed by atoms with van der Waals surface area (Å²) in [4.78, 5) is 10.5. The number of pyridine rings is 1. The number of hydrogen-bond donors (Lipinski definition) is 1. The maximum absolute atomic E-state index is 5.89. The molecule has 0 radical (unpaired) electrons. The lowest BCUT2D eigenvalue weighted by atomic mass is 10.2. The van der Waals surface area contributed by atoms with Crippen molar-refractivity contribution in [2.45, 2.75) is 6.42 Å². The molecule has 0 bridgehead atoms. The van der Waals surface area contributed by atoms with Crippen LogP contribution in [0, 0.1) is 0 Å². The Morgan fingerprint density at radius 3 is 2.58 bits per heavy atom. The van der Waals surface area contributed by atoms with Gasteiger partial charge in [-0.2, -0.15) is 10.1 Å². The van der Waals surface area contributed by atoms with E-state index >= 15 is 0 Å². The summed E-state index contributed by atoms with van der Waals surface area (Å²) < 4.78 is 0. The molecule has 6 nitrogen and oxygen atoms in total. The topological polar surface area (TPSA) is 66.8 Å². The highest BCUT2D eigenvalue weighted by Crippen LogP contribution is 2.18. The quantitative estimate of drug-likeness (QED) is 0.742. The van der Waals surface area contributed by atoms with Crippen molar-refractivity contribution < 1.29 is 0 Å². The van der Waals surface area contributed by atoms with Crippen molar-refractivity contribution in [3.8, 4) is 0 Å². The fourth-order valence-corrected chi connectivity index (χ4v) is 2.27. The van der Waals surface area contributed by atoms with E-state index in [9.17, 15) is 0 Å². The van der Waals surface area contributed by atoms with Crippen LogP contribution in [-0.4, -0.2) is 33.8 Å². The minimum Gasteiger partial charge on any atom is -0.342 e.